The van der Waals surface area contributed by atoms with Crippen molar-refractivity contribution in [3.63, 3.8) is 0 Å². The second kappa shape index (κ2) is 10.1. The van der Waals surface area contributed by atoms with Gasteiger partial charge in [0.2, 0.25) is 0 Å². The molecule has 0 radical (unpaired) electrons. The number of hydrogen-bond donors (Lipinski definition) is 2. The van der Waals surface area contributed by atoms with E-state index in [4.69, 9.17) is 17.0 Å². The summed E-state index contributed by atoms with van der Waals surface area (Å²) in [6.45, 7) is 7.12. The molecule has 6 heteroatoms. The van der Waals surface area contributed by atoms with Gasteiger partial charge in [0, 0.05) is 24.5 Å². The van der Waals surface area contributed by atoms with E-state index in [0.717, 1.165) is 36.5 Å². The smallest absolute Gasteiger partial charge is 0.191 e. The molecule has 2 N–H and O–H groups in total. The minimum Gasteiger partial charge on any atom is -0.494 e. The summed E-state index contributed by atoms with van der Waals surface area (Å²) < 4.78 is 5.44. The SMILES string of the molecule is CCCN1CCCc2cc(/C=N\NC(=S)Nc3ccc(OCC)cc3)ccc21. The lowest BCUT2D eigenvalue weighted by Crippen LogP contribution is -2.30. The Morgan fingerprint density at radius 2 is 2.04 bits per heavy atom. The quantitative estimate of drug-likeness (QED) is 0.408. The fourth-order valence-corrected chi connectivity index (χ4v) is 3.57. The summed E-state index contributed by atoms with van der Waals surface area (Å²) in [5.41, 5.74) is 7.61. The van der Waals surface area contributed by atoms with Gasteiger partial charge < -0.3 is 15.0 Å². The Labute approximate surface area is 172 Å². The molecular formula is C22H28N4OS. The highest BCUT2D eigenvalue weighted by Crippen LogP contribution is 2.27. The molecule has 2 aromatic rings. The van der Waals surface area contributed by atoms with E-state index in [9.17, 15) is 0 Å². The van der Waals surface area contributed by atoms with Gasteiger partial charge in [0.05, 0.1) is 12.8 Å². The minimum absolute atomic E-state index is 0.451. The lowest BCUT2D eigenvalue weighted by Gasteiger charge is -2.31. The largest absolute Gasteiger partial charge is 0.494 e. The molecule has 1 aliphatic heterocycles. The number of ether oxygens (including phenoxy) is 1. The molecule has 0 atom stereocenters. The Bertz CT molecular complexity index is 820. The van der Waals surface area contributed by atoms with E-state index in [2.05, 4.69) is 45.9 Å². The van der Waals surface area contributed by atoms with Crippen molar-refractivity contribution < 1.29 is 4.74 Å². The molecule has 0 saturated carbocycles. The van der Waals surface area contributed by atoms with Crippen molar-refractivity contribution in [3.8, 4) is 5.75 Å². The second-order valence-electron chi connectivity index (χ2n) is 6.76. The number of fused-ring (bicyclic) bond motifs is 1. The number of benzene rings is 2. The van der Waals surface area contributed by atoms with Crippen LogP contribution in [0.2, 0.25) is 0 Å². The number of hydrazone groups is 1. The van der Waals surface area contributed by atoms with Gasteiger partial charge in [0.1, 0.15) is 5.75 Å². The van der Waals surface area contributed by atoms with Crippen molar-refractivity contribution in [1.29, 1.82) is 0 Å². The Kier molecular flexibility index (Phi) is 7.25. The Morgan fingerprint density at radius 1 is 1.21 bits per heavy atom. The molecule has 0 bridgehead atoms. The average molecular weight is 397 g/mol. The van der Waals surface area contributed by atoms with Crippen LogP contribution in [0.3, 0.4) is 0 Å². The van der Waals surface area contributed by atoms with Gasteiger partial charge in [-0.05, 0) is 85.9 Å². The van der Waals surface area contributed by atoms with Crippen LogP contribution in [0.25, 0.3) is 0 Å². The van der Waals surface area contributed by atoms with Gasteiger partial charge in [0.25, 0.3) is 0 Å². The monoisotopic (exact) mass is 396 g/mol. The van der Waals surface area contributed by atoms with Gasteiger partial charge in [-0.3, -0.25) is 5.43 Å². The zero-order valence-corrected chi connectivity index (χ0v) is 17.4. The van der Waals surface area contributed by atoms with Crippen LogP contribution in [0, 0.1) is 0 Å². The topological polar surface area (TPSA) is 48.9 Å². The molecule has 0 aliphatic carbocycles. The Morgan fingerprint density at radius 3 is 2.79 bits per heavy atom. The number of hydrogen-bond acceptors (Lipinski definition) is 4. The first kappa shape index (κ1) is 20.1. The fraction of sp³-hybridized carbons (Fsp3) is 0.364. The molecule has 0 spiro atoms. The van der Waals surface area contributed by atoms with Crippen molar-refractivity contribution in [2.45, 2.75) is 33.1 Å². The van der Waals surface area contributed by atoms with Crippen LogP contribution in [0.5, 0.6) is 5.75 Å². The third kappa shape index (κ3) is 5.45. The highest BCUT2D eigenvalue weighted by Gasteiger charge is 2.15. The number of anilines is 2. The van der Waals surface area contributed by atoms with Crippen LogP contribution in [0.4, 0.5) is 11.4 Å². The van der Waals surface area contributed by atoms with Crippen LogP contribution in [0.1, 0.15) is 37.8 Å². The summed E-state index contributed by atoms with van der Waals surface area (Å²) in [5.74, 6) is 0.842. The van der Waals surface area contributed by atoms with Crippen LogP contribution >= 0.6 is 12.2 Å². The first-order valence-corrected chi connectivity index (χ1v) is 10.3. The van der Waals surface area contributed by atoms with Gasteiger partial charge >= 0.3 is 0 Å². The van der Waals surface area contributed by atoms with Crippen LogP contribution in [0.15, 0.2) is 47.6 Å². The zero-order valence-electron chi connectivity index (χ0n) is 16.6. The first-order valence-electron chi connectivity index (χ1n) is 9.90. The average Bonchev–Trinajstić information content (AvgIpc) is 2.70. The highest BCUT2D eigenvalue weighted by molar-refractivity contribution is 7.80. The van der Waals surface area contributed by atoms with Crippen molar-refractivity contribution in [2.24, 2.45) is 5.10 Å². The molecule has 1 aliphatic rings. The molecule has 28 heavy (non-hydrogen) atoms. The lowest BCUT2D eigenvalue weighted by molar-refractivity contribution is 0.340. The van der Waals surface area contributed by atoms with Crippen molar-refractivity contribution >= 4 is 34.9 Å². The van der Waals surface area contributed by atoms with E-state index >= 15 is 0 Å². The Hall–Kier alpha value is -2.60. The molecule has 0 aromatic heterocycles. The molecule has 5 nitrogen and oxygen atoms in total. The summed E-state index contributed by atoms with van der Waals surface area (Å²) >= 11 is 5.30. The third-order valence-electron chi connectivity index (χ3n) is 4.61. The summed E-state index contributed by atoms with van der Waals surface area (Å²) in [6.07, 6.45) is 5.32. The van der Waals surface area contributed by atoms with Crippen LogP contribution in [-0.4, -0.2) is 31.0 Å². The maximum absolute atomic E-state index is 5.44. The van der Waals surface area contributed by atoms with Crippen molar-refractivity contribution in [2.75, 3.05) is 29.9 Å². The summed E-state index contributed by atoms with van der Waals surface area (Å²) in [6, 6.07) is 14.2. The molecule has 2 aromatic carbocycles. The van der Waals surface area contributed by atoms with E-state index in [1.165, 1.54) is 24.1 Å². The van der Waals surface area contributed by atoms with Crippen LogP contribution in [-0.2, 0) is 6.42 Å². The van der Waals surface area contributed by atoms with Gasteiger partial charge in [-0.25, -0.2) is 0 Å². The zero-order chi connectivity index (χ0) is 19.8. The van der Waals surface area contributed by atoms with E-state index < -0.39 is 0 Å². The summed E-state index contributed by atoms with van der Waals surface area (Å²) in [7, 11) is 0. The number of aryl methyl sites for hydroxylation is 1. The molecule has 0 saturated heterocycles. The van der Waals surface area contributed by atoms with Crippen molar-refractivity contribution in [3.05, 3.63) is 53.6 Å². The summed E-state index contributed by atoms with van der Waals surface area (Å²) in [4.78, 5) is 2.48. The number of nitrogens with one attached hydrogen (secondary N) is 2. The van der Waals surface area contributed by atoms with E-state index in [0.29, 0.717) is 11.7 Å². The fourth-order valence-electron chi connectivity index (χ4n) is 3.40. The van der Waals surface area contributed by atoms with Gasteiger partial charge in [-0.15, -0.1) is 0 Å². The maximum atomic E-state index is 5.44. The normalized spacial score (nSPS) is 13.3. The van der Waals surface area contributed by atoms with E-state index in [1.54, 1.807) is 0 Å². The molecule has 3 rings (SSSR count). The molecule has 1 heterocycles. The molecule has 0 amide bonds. The first-order chi connectivity index (χ1) is 13.7. The molecule has 148 valence electrons. The van der Waals surface area contributed by atoms with Crippen LogP contribution < -0.4 is 20.4 Å². The van der Waals surface area contributed by atoms with Gasteiger partial charge in [-0.1, -0.05) is 13.0 Å². The van der Waals surface area contributed by atoms with Gasteiger partial charge in [0.15, 0.2) is 5.11 Å². The number of thiocarbonyl (C=S) groups is 1. The number of rotatable bonds is 7. The van der Waals surface area contributed by atoms with Crippen molar-refractivity contribution in [1.82, 2.24) is 5.43 Å². The second-order valence-corrected chi connectivity index (χ2v) is 7.17. The summed E-state index contributed by atoms with van der Waals surface area (Å²) in [5, 5.41) is 7.83. The minimum atomic E-state index is 0.451. The van der Waals surface area contributed by atoms with E-state index in [1.807, 2.05) is 37.4 Å². The standard InChI is InChI=1S/C22H28N4OS/c1-3-13-26-14-5-6-18-15-17(7-12-21(18)26)16-23-25-22(28)24-19-8-10-20(11-9-19)27-4-2/h7-12,15-16H,3-6,13-14H2,1-2H3,(H2,24,25,28)/b23-16-. The predicted molar refractivity (Wildman–Crippen MR) is 122 cm³/mol. The lowest BCUT2D eigenvalue weighted by atomic mass is 9.99. The Balaban J connectivity index is 1.54. The molecule has 0 fully saturated rings. The van der Waals surface area contributed by atoms with Gasteiger partial charge in [-0.2, -0.15) is 5.10 Å². The molecular weight excluding hydrogens is 368 g/mol. The highest BCUT2D eigenvalue weighted by atomic mass is 32.1. The molecule has 0 unspecified atom stereocenters. The van der Waals surface area contributed by atoms with E-state index in [-0.39, 0.29) is 0 Å². The predicted octanol–water partition coefficient (Wildman–Crippen LogP) is 4.57. The third-order valence-corrected chi connectivity index (χ3v) is 4.81. The number of nitrogens with zero attached hydrogens (tertiary/aromatic N) is 2. The maximum Gasteiger partial charge on any atom is 0.191 e.